The van der Waals surface area contributed by atoms with Crippen LogP contribution in [0.15, 0.2) is 30.6 Å². The highest BCUT2D eigenvalue weighted by molar-refractivity contribution is 6.08. The Labute approximate surface area is 164 Å². The zero-order chi connectivity index (χ0) is 20.1. The van der Waals surface area contributed by atoms with Gasteiger partial charge in [0.1, 0.15) is 18.2 Å². The Balaban J connectivity index is 1.74. The Hall–Kier alpha value is -2.35. The summed E-state index contributed by atoms with van der Waals surface area (Å²) in [5.41, 5.74) is 2.77. The molecule has 1 amide bonds. The Morgan fingerprint density at radius 1 is 1.25 bits per heavy atom. The number of aryl methyl sites for hydroxylation is 1. The minimum atomic E-state index is -0.798. The minimum Gasteiger partial charge on any atom is -0.394 e. The van der Waals surface area contributed by atoms with Crippen LogP contribution < -0.4 is 4.90 Å². The van der Waals surface area contributed by atoms with Crippen molar-refractivity contribution in [3.8, 4) is 11.1 Å². The number of hydrogen-bond acceptors (Lipinski definition) is 6. The first kappa shape index (κ1) is 19.0. The molecular formula is C21H25N3O4. The smallest absolute Gasteiger partial charge is 0.239 e. The molecule has 1 saturated heterocycles. The van der Waals surface area contributed by atoms with E-state index in [2.05, 4.69) is 9.97 Å². The fraction of sp³-hybridized carbons (Fsp3) is 0.476. The van der Waals surface area contributed by atoms with Crippen molar-refractivity contribution in [2.45, 2.75) is 57.5 Å². The number of anilines is 1. The van der Waals surface area contributed by atoms with Gasteiger partial charge in [0, 0.05) is 30.8 Å². The largest absolute Gasteiger partial charge is 0.394 e. The van der Waals surface area contributed by atoms with E-state index in [1.165, 1.54) is 0 Å². The van der Waals surface area contributed by atoms with Gasteiger partial charge in [0.15, 0.2) is 0 Å². The van der Waals surface area contributed by atoms with Gasteiger partial charge in [0.2, 0.25) is 5.91 Å². The number of amides is 1. The molecule has 2 aromatic rings. The monoisotopic (exact) mass is 383 g/mol. The van der Waals surface area contributed by atoms with Crippen molar-refractivity contribution < 1.29 is 19.7 Å². The lowest BCUT2D eigenvalue weighted by molar-refractivity contribution is -0.125. The van der Waals surface area contributed by atoms with E-state index < -0.39 is 23.9 Å². The van der Waals surface area contributed by atoms with Gasteiger partial charge in [-0.25, -0.2) is 9.97 Å². The summed E-state index contributed by atoms with van der Waals surface area (Å²) in [5, 5.41) is 19.5. The van der Waals surface area contributed by atoms with Crippen LogP contribution in [-0.4, -0.2) is 51.1 Å². The van der Waals surface area contributed by atoms with Gasteiger partial charge in [0.05, 0.1) is 23.8 Å². The van der Waals surface area contributed by atoms with Crippen LogP contribution in [0, 0.1) is 0 Å². The molecule has 7 heteroatoms. The van der Waals surface area contributed by atoms with E-state index in [9.17, 15) is 15.0 Å². The Morgan fingerprint density at radius 3 is 2.57 bits per heavy atom. The third kappa shape index (κ3) is 2.90. The quantitative estimate of drug-likeness (QED) is 0.836. The molecule has 1 aromatic heterocycles. The summed E-state index contributed by atoms with van der Waals surface area (Å²) in [5.74, 6) is 0.708. The number of aliphatic hydroxyl groups excluding tert-OH is 2. The molecule has 0 aliphatic carbocycles. The standard InChI is InChI=1S/C21H25N3O4/c1-4-18-22-9-13(10-23-18)12-5-6-14-15(7-12)24(20(27)21(14,2)3)19-8-16(26)17(11-25)28-19/h5-7,9-10,16-17,19,25-26H,4,8,11H2,1-3H3/t16-,17+,19?/m0/s1. The summed E-state index contributed by atoms with van der Waals surface area (Å²) in [4.78, 5) is 23.5. The van der Waals surface area contributed by atoms with Gasteiger partial charge in [-0.05, 0) is 31.0 Å². The third-order valence-electron chi connectivity index (χ3n) is 5.71. The molecule has 0 bridgehead atoms. The molecule has 1 unspecified atom stereocenters. The van der Waals surface area contributed by atoms with Crippen molar-refractivity contribution >= 4 is 11.6 Å². The van der Waals surface area contributed by atoms with Crippen LogP contribution in [0.2, 0.25) is 0 Å². The summed E-state index contributed by atoms with van der Waals surface area (Å²) in [7, 11) is 0. The van der Waals surface area contributed by atoms with Crippen molar-refractivity contribution in [3.63, 3.8) is 0 Å². The van der Waals surface area contributed by atoms with Crippen LogP contribution in [0.1, 0.15) is 38.6 Å². The molecule has 148 valence electrons. The highest BCUT2D eigenvalue weighted by atomic mass is 16.5. The van der Waals surface area contributed by atoms with Crippen LogP contribution in [0.25, 0.3) is 11.1 Å². The van der Waals surface area contributed by atoms with Crippen LogP contribution in [-0.2, 0) is 21.4 Å². The Morgan fingerprint density at radius 2 is 1.96 bits per heavy atom. The number of ether oxygens (including phenoxy) is 1. The Kier molecular flexibility index (Phi) is 4.69. The van der Waals surface area contributed by atoms with Gasteiger partial charge < -0.3 is 14.9 Å². The topological polar surface area (TPSA) is 95.8 Å². The van der Waals surface area contributed by atoms with Crippen LogP contribution >= 0.6 is 0 Å². The van der Waals surface area contributed by atoms with E-state index >= 15 is 0 Å². The molecule has 1 aromatic carbocycles. The van der Waals surface area contributed by atoms with Gasteiger partial charge in [-0.15, -0.1) is 0 Å². The highest BCUT2D eigenvalue weighted by Crippen LogP contribution is 2.46. The van der Waals surface area contributed by atoms with Crippen LogP contribution in [0.5, 0.6) is 0 Å². The fourth-order valence-electron chi connectivity index (χ4n) is 3.97. The first-order valence-electron chi connectivity index (χ1n) is 9.60. The molecule has 1 fully saturated rings. The number of hydrogen-bond donors (Lipinski definition) is 2. The average Bonchev–Trinajstić information content (AvgIpc) is 3.16. The Bertz CT molecular complexity index is 897. The van der Waals surface area contributed by atoms with E-state index in [0.717, 1.165) is 34.6 Å². The molecule has 4 rings (SSSR count). The van der Waals surface area contributed by atoms with Crippen molar-refractivity contribution in [1.29, 1.82) is 0 Å². The summed E-state index contributed by atoms with van der Waals surface area (Å²) >= 11 is 0. The highest BCUT2D eigenvalue weighted by Gasteiger charge is 2.49. The molecular weight excluding hydrogens is 358 g/mol. The number of carbonyl (C=O) groups excluding carboxylic acids is 1. The first-order chi connectivity index (χ1) is 13.4. The number of carbonyl (C=O) groups is 1. The lowest BCUT2D eigenvalue weighted by Crippen LogP contribution is -2.43. The molecule has 7 nitrogen and oxygen atoms in total. The maximum atomic E-state index is 13.2. The summed E-state index contributed by atoms with van der Waals surface area (Å²) in [6.07, 6.45) is 2.54. The van der Waals surface area contributed by atoms with Gasteiger partial charge in [-0.2, -0.15) is 0 Å². The number of rotatable bonds is 4. The molecule has 2 aliphatic rings. The van der Waals surface area contributed by atoms with Crippen molar-refractivity contribution in [2.24, 2.45) is 0 Å². The second-order valence-electron chi connectivity index (χ2n) is 7.89. The third-order valence-corrected chi connectivity index (χ3v) is 5.71. The first-order valence-corrected chi connectivity index (χ1v) is 9.60. The maximum absolute atomic E-state index is 13.2. The zero-order valence-electron chi connectivity index (χ0n) is 16.3. The summed E-state index contributed by atoms with van der Waals surface area (Å²) < 4.78 is 5.78. The van der Waals surface area contributed by atoms with Crippen LogP contribution in [0.3, 0.4) is 0 Å². The SMILES string of the molecule is CCc1ncc(-c2ccc3c(c2)N(C2C[C@H](O)[C@@H](CO)O2)C(=O)C3(C)C)cn1. The van der Waals surface area contributed by atoms with Crippen molar-refractivity contribution in [1.82, 2.24) is 9.97 Å². The second-order valence-corrected chi connectivity index (χ2v) is 7.89. The molecule has 0 spiro atoms. The summed E-state index contributed by atoms with van der Waals surface area (Å²) in [6, 6.07) is 5.89. The number of nitrogens with zero attached hydrogens (tertiary/aromatic N) is 3. The molecule has 3 heterocycles. The van der Waals surface area contributed by atoms with E-state index in [1.807, 2.05) is 39.0 Å². The normalized spacial score (nSPS) is 26.0. The number of aromatic nitrogens is 2. The number of aliphatic hydroxyl groups is 2. The predicted molar refractivity (Wildman–Crippen MR) is 104 cm³/mol. The second kappa shape index (κ2) is 6.92. The van der Waals surface area contributed by atoms with Crippen LogP contribution in [0.4, 0.5) is 5.69 Å². The van der Waals surface area contributed by atoms with E-state index in [4.69, 9.17) is 4.74 Å². The van der Waals surface area contributed by atoms with E-state index in [0.29, 0.717) is 0 Å². The number of fused-ring (bicyclic) bond motifs is 1. The van der Waals surface area contributed by atoms with E-state index in [1.54, 1.807) is 17.3 Å². The minimum absolute atomic E-state index is 0.0759. The molecule has 0 radical (unpaired) electrons. The molecule has 2 aliphatic heterocycles. The van der Waals surface area contributed by atoms with E-state index in [-0.39, 0.29) is 18.9 Å². The maximum Gasteiger partial charge on any atom is 0.239 e. The lowest BCUT2D eigenvalue weighted by atomic mass is 9.85. The van der Waals surface area contributed by atoms with Gasteiger partial charge >= 0.3 is 0 Å². The lowest BCUT2D eigenvalue weighted by Gasteiger charge is -2.26. The molecule has 0 saturated carbocycles. The average molecular weight is 383 g/mol. The number of benzene rings is 1. The van der Waals surface area contributed by atoms with Crippen molar-refractivity contribution in [2.75, 3.05) is 11.5 Å². The van der Waals surface area contributed by atoms with Gasteiger partial charge in [-0.1, -0.05) is 19.1 Å². The molecule has 28 heavy (non-hydrogen) atoms. The summed E-state index contributed by atoms with van der Waals surface area (Å²) in [6.45, 7) is 5.51. The fourth-order valence-corrected chi connectivity index (χ4v) is 3.97. The zero-order valence-corrected chi connectivity index (χ0v) is 16.3. The van der Waals surface area contributed by atoms with Gasteiger partial charge in [-0.3, -0.25) is 9.69 Å². The predicted octanol–water partition coefficient (Wildman–Crippen LogP) is 1.80. The molecule has 3 atom stereocenters. The van der Waals surface area contributed by atoms with Gasteiger partial charge in [0.25, 0.3) is 0 Å². The molecule has 2 N–H and O–H groups in total. The van der Waals surface area contributed by atoms with Crippen molar-refractivity contribution in [3.05, 3.63) is 42.0 Å².